The van der Waals surface area contributed by atoms with Gasteiger partial charge in [-0.1, -0.05) is 48.5 Å². The van der Waals surface area contributed by atoms with Crippen LogP contribution < -0.4 is 4.74 Å². The molecule has 130 valence electrons. The van der Waals surface area contributed by atoms with Crippen LogP contribution in [0.2, 0.25) is 0 Å². The number of carbonyl (C=O) groups is 2. The molecule has 0 amide bonds. The number of allylic oxidation sites excluding steroid dienone is 1. The van der Waals surface area contributed by atoms with Crippen molar-refractivity contribution < 1.29 is 19.4 Å². The van der Waals surface area contributed by atoms with Crippen LogP contribution >= 0.6 is 0 Å². The van der Waals surface area contributed by atoms with E-state index >= 15 is 0 Å². The minimum atomic E-state index is -0.754. The fourth-order valence-electron chi connectivity index (χ4n) is 2.29. The van der Waals surface area contributed by atoms with Crippen LogP contribution in [0.15, 0.2) is 60.7 Å². The van der Waals surface area contributed by atoms with Crippen molar-refractivity contribution in [2.75, 3.05) is 6.61 Å². The van der Waals surface area contributed by atoms with Gasteiger partial charge in [0.1, 0.15) is 5.75 Å². The second-order valence-corrected chi connectivity index (χ2v) is 5.69. The summed E-state index contributed by atoms with van der Waals surface area (Å²) in [5.74, 6) is -0.0117. The van der Waals surface area contributed by atoms with Crippen LogP contribution in [0, 0.1) is 0 Å². The van der Waals surface area contributed by atoms with E-state index in [0.717, 1.165) is 24.2 Å². The summed E-state index contributed by atoms with van der Waals surface area (Å²) in [5, 5.41) is 8.56. The first kappa shape index (κ1) is 18.5. The van der Waals surface area contributed by atoms with Gasteiger partial charge in [0.25, 0.3) is 0 Å². The SMILES string of the molecule is O=C(O)CCCCCOc1ccc(/C=C/C(=O)c2ccccc2)cc1. The Labute approximate surface area is 147 Å². The second-order valence-electron chi connectivity index (χ2n) is 5.69. The van der Waals surface area contributed by atoms with Gasteiger partial charge in [-0.25, -0.2) is 0 Å². The highest BCUT2D eigenvalue weighted by atomic mass is 16.5. The van der Waals surface area contributed by atoms with Crippen molar-refractivity contribution in [2.45, 2.75) is 25.7 Å². The molecule has 25 heavy (non-hydrogen) atoms. The Hall–Kier alpha value is -2.88. The Morgan fingerprint density at radius 1 is 0.920 bits per heavy atom. The first-order valence-electron chi connectivity index (χ1n) is 8.37. The van der Waals surface area contributed by atoms with Gasteiger partial charge >= 0.3 is 5.97 Å². The largest absolute Gasteiger partial charge is 0.494 e. The highest BCUT2D eigenvalue weighted by Crippen LogP contribution is 2.14. The molecule has 0 aliphatic heterocycles. The summed E-state index contributed by atoms with van der Waals surface area (Å²) in [6, 6.07) is 16.7. The van der Waals surface area contributed by atoms with E-state index in [1.54, 1.807) is 24.3 Å². The average molecular weight is 338 g/mol. The molecule has 0 atom stereocenters. The van der Waals surface area contributed by atoms with E-state index < -0.39 is 5.97 Å². The van der Waals surface area contributed by atoms with Gasteiger partial charge in [-0.2, -0.15) is 0 Å². The predicted octanol–water partition coefficient (Wildman–Crippen LogP) is 4.61. The summed E-state index contributed by atoms with van der Waals surface area (Å²) >= 11 is 0. The third-order valence-electron chi connectivity index (χ3n) is 3.67. The molecule has 2 aromatic carbocycles. The van der Waals surface area contributed by atoms with E-state index in [4.69, 9.17) is 9.84 Å². The maximum atomic E-state index is 12.0. The molecule has 0 saturated heterocycles. The third-order valence-corrected chi connectivity index (χ3v) is 3.67. The van der Waals surface area contributed by atoms with Crippen LogP contribution in [-0.2, 0) is 4.79 Å². The number of ketones is 1. The van der Waals surface area contributed by atoms with E-state index in [1.165, 1.54) is 0 Å². The fraction of sp³-hybridized carbons (Fsp3) is 0.238. The molecule has 0 aliphatic rings. The Morgan fingerprint density at radius 2 is 1.64 bits per heavy atom. The Morgan fingerprint density at radius 3 is 2.32 bits per heavy atom. The molecule has 0 bridgehead atoms. The first-order valence-corrected chi connectivity index (χ1v) is 8.37. The Kier molecular flexibility index (Phi) is 7.44. The number of carboxylic acid groups (broad SMARTS) is 1. The van der Waals surface area contributed by atoms with Crippen LogP contribution in [0.1, 0.15) is 41.6 Å². The molecule has 0 spiro atoms. The predicted molar refractivity (Wildman–Crippen MR) is 97.8 cm³/mol. The van der Waals surface area contributed by atoms with Crippen molar-refractivity contribution in [3.8, 4) is 5.75 Å². The lowest BCUT2D eigenvalue weighted by Crippen LogP contribution is -1.99. The van der Waals surface area contributed by atoms with Gasteiger partial charge in [-0.05, 0) is 43.0 Å². The summed E-state index contributed by atoms with van der Waals surface area (Å²) in [7, 11) is 0. The minimum absolute atomic E-state index is 0.0257. The molecule has 0 unspecified atom stereocenters. The lowest BCUT2D eigenvalue weighted by molar-refractivity contribution is -0.137. The third kappa shape index (κ3) is 7.04. The monoisotopic (exact) mass is 338 g/mol. The standard InChI is InChI=1S/C21H22O4/c22-20(18-7-3-1-4-8-18)15-12-17-10-13-19(14-11-17)25-16-6-2-5-9-21(23)24/h1,3-4,7-8,10-15H,2,5-6,9,16H2,(H,23,24)/b15-12+. The zero-order chi connectivity index (χ0) is 17.9. The fourth-order valence-corrected chi connectivity index (χ4v) is 2.29. The smallest absolute Gasteiger partial charge is 0.303 e. The summed E-state index contributed by atoms with van der Waals surface area (Å²) in [4.78, 5) is 22.4. The van der Waals surface area contributed by atoms with Crippen LogP contribution in [0.5, 0.6) is 5.75 Å². The lowest BCUT2D eigenvalue weighted by Gasteiger charge is -2.06. The summed E-state index contributed by atoms with van der Waals surface area (Å²) < 4.78 is 5.62. The van der Waals surface area contributed by atoms with Crippen LogP contribution in [0.3, 0.4) is 0 Å². The molecule has 0 radical (unpaired) electrons. The van der Waals surface area contributed by atoms with Crippen LogP contribution in [0.4, 0.5) is 0 Å². The van der Waals surface area contributed by atoms with Crippen LogP contribution in [-0.4, -0.2) is 23.5 Å². The highest BCUT2D eigenvalue weighted by Gasteiger charge is 2.00. The van der Waals surface area contributed by atoms with Gasteiger partial charge in [0.15, 0.2) is 5.78 Å². The molecular formula is C21H22O4. The molecule has 0 aliphatic carbocycles. The number of carbonyl (C=O) groups excluding carboxylic acids is 1. The maximum Gasteiger partial charge on any atom is 0.303 e. The van der Waals surface area contributed by atoms with Gasteiger partial charge in [0.2, 0.25) is 0 Å². The van der Waals surface area contributed by atoms with Crippen molar-refractivity contribution in [1.29, 1.82) is 0 Å². The van der Waals surface area contributed by atoms with Crippen molar-refractivity contribution in [2.24, 2.45) is 0 Å². The number of carboxylic acids is 1. The van der Waals surface area contributed by atoms with Gasteiger partial charge < -0.3 is 9.84 Å². The average Bonchev–Trinajstić information content (AvgIpc) is 2.64. The normalized spacial score (nSPS) is 10.7. The van der Waals surface area contributed by atoms with Gasteiger partial charge in [0.05, 0.1) is 6.61 Å². The number of aliphatic carboxylic acids is 1. The van der Waals surface area contributed by atoms with Crippen molar-refractivity contribution in [3.63, 3.8) is 0 Å². The number of unbranched alkanes of at least 4 members (excludes halogenated alkanes) is 2. The zero-order valence-electron chi connectivity index (χ0n) is 14.1. The second kappa shape index (κ2) is 10.1. The van der Waals surface area contributed by atoms with Crippen molar-refractivity contribution in [1.82, 2.24) is 0 Å². The summed E-state index contributed by atoms with van der Waals surface area (Å²) in [5.41, 5.74) is 1.60. The molecule has 4 nitrogen and oxygen atoms in total. The maximum absolute atomic E-state index is 12.0. The number of rotatable bonds is 10. The van der Waals surface area contributed by atoms with Crippen molar-refractivity contribution in [3.05, 3.63) is 71.8 Å². The molecule has 0 heterocycles. The van der Waals surface area contributed by atoms with Gasteiger partial charge in [0, 0.05) is 12.0 Å². The molecule has 4 heteroatoms. The van der Waals surface area contributed by atoms with E-state index in [0.29, 0.717) is 18.6 Å². The summed E-state index contributed by atoms with van der Waals surface area (Å²) in [6.07, 6.45) is 5.91. The Balaban J connectivity index is 1.75. The molecule has 1 N–H and O–H groups in total. The quantitative estimate of drug-likeness (QED) is 0.390. The van der Waals surface area contributed by atoms with E-state index in [2.05, 4.69) is 0 Å². The minimum Gasteiger partial charge on any atom is -0.494 e. The van der Waals surface area contributed by atoms with Gasteiger partial charge in [-0.15, -0.1) is 0 Å². The molecule has 2 aromatic rings. The number of ether oxygens (including phenoxy) is 1. The molecule has 0 fully saturated rings. The molecular weight excluding hydrogens is 316 g/mol. The number of benzene rings is 2. The van der Waals surface area contributed by atoms with E-state index in [-0.39, 0.29) is 12.2 Å². The zero-order valence-corrected chi connectivity index (χ0v) is 14.1. The van der Waals surface area contributed by atoms with Gasteiger partial charge in [-0.3, -0.25) is 9.59 Å². The number of hydrogen-bond donors (Lipinski definition) is 1. The molecule has 2 rings (SSSR count). The Bertz CT molecular complexity index is 702. The number of hydrogen-bond acceptors (Lipinski definition) is 3. The lowest BCUT2D eigenvalue weighted by atomic mass is 10.1. The topological polar surface area (TPSA) is 63.6 Å². The highest BCUT2D eigenvalue weighted by molar-refractivity contribution is 6.06. The van der Waals surface area contributed by atoms with E-state index in [1.807, 2.05) is 42.5 Å². The van der Waals surface area contributed by atoms with E-state index in [9.17, 15) is 9.59 Å². The summed E-state index contributed by atoms with van der Waals surface area (Å²) in [6.45, 7) is 0.571. The van der Waals surface area contributed by atoms with Crippen LogP contribution in [0.25, 0.3) is 6.08 Å². The molecule has 0 saturated carbocycles. The molecule has 0 aromatic heterocycles. The van der Waals surface area contributed by atoms with Crippen molar-refractivity contribution >= 4 is 17.8 Å². The first-order chi connectivity index (χ1) is 12.1.